The van der Waals surface area contributed by atoms with Crippen molar-refractivity contribution in [3.8, 4) is 0 Å². The second-order valence-corrected chi connectivity index (χ2v) is 9.22. The Bertz CT molecular complexity index is 479. The molecule has 0 saturated carbocycles. The number of piperazine rings is 1. The molecule has 2 rings (SSSR count). The van der Waals surface area contributed by atoms with Crippen LogP contribution in [0.15, 0.2) is 0 Å². The van der Waals surface area contributed by atoms with E-state index in [9.17, 15) is 16.8 Å². The summed E-state index contributed by atoms with van der Waals surface area (Å²) in [6.07, 6.45) is 1.13. The highest BCUT2D eigenvalue weighted by Crippen LogP contribution is 2.24. The molecule has 1 N–H and O–H groups in total. The maximum Gasteiger partial charge on any atom is 0.153 e. The minimum absolute atomic E-state index is 0.0231. The first-order valence-corrected chi connectivity index (χ1v) is 9.41. The predicted molar refractivity (Wildman–Crippen MR) is 65.5 cm³/mol. The molecule has 0 aromatic rings. The van der Waals surface area contributed by atoms with Crippen LogP contribution in [0.4, 0.5) is 0 Å². The summed E-state index contributed by atoms with van der Waals surface area (Å²) >= 11 is 0. The zero-order valence-corrected chi connectivity index (χ0v) is 11.4. The van der Waals surface area contributed by atoms with Crippen LogP contribution in [0.5, 0.6) is 0 Å². The highest BCUT2D eigenvalue weighted by atomic mass is 32.2. The Morgan fingerprint density at radius 1 is 1.18 bits per heavy atom. The molecule has 17 heavy (non-hydrogen) atoms. The van der Waals surface area contributed by atoms with E-state index in [0.29, 0.717) is 13.1 Å². The lowest BCUT2D eigenvalue weighted by atomic mass is 10.2. The Hall–Kier alpha value is -0.180. The van der Waals surface area contributed by atoms with Crippen molar-refractivity contribution in [2.75, 3.05) is 43.9 Å². The first-order chi connectivity index (χ1) is 7.80. The van der Waals surface area contributed by atoms with E-state index in [-0.39, 0.29) is 17.5 Å². The maximum absolute atomic E-state index is 11.7. The van der Waals surface area contributed by atoms with Gasteiger partial charge in [-0.1, -0.05) is 0 Å². The Balaban J connectivity index is 2.24. The van der Waals surface area contributed by atoms with Gasteiger partial charge in [-0.2, -0.15) is 0 Å². The molecule has 0 amide bonds. The van der Waals surface area contributed by atoms with E-state index < -0.39 is 24.9 Å². The van der Waals surface area contributed by atoms with Gasteiger partial charge in [0.15, 0.2) is 19.7 Å². The van der Waals surface area contributed by atoms with Gasteiger partial charge in [0.1, 0.15) is 0 Å². The second kappa shape index (κ2) is 4.49. The average molecular weight is 282 g/mol. The van der Waals surface area contributed by atoms with Crippen LogP contribution in [-0.4, -0.2) is 77.0 Å². The Kier molecular flexibility index (Phi) is 3.50. The molecular formula is C9H18N2O4S2. The minimum atomic E-state index is -3.31. The summed E-state index contributed by atoms with van der Waals surface area (Å²) in [5.41, 5.74) is 0. The molecule has 0 aromatic heterocycles. The number of nitrogens with one attached hydrogen (secondary N) is 1. The quantitative estimate of drug-likeness (QED) is 0.637. The van der Waals surface area contributed by atoms with E-state index in [2.05, 4.69) is 5.32 Å². The molecular weight excluding hydrogens is 264 g/mol. The third kappa shape index (κ3) is 2.98. The number of hydrogen-bond acceptors (Lipinski definition) is 6. The summed E-state index contributed by atoms with van der Waals surface area (Å²) in [5.74, 6) is -0.245. The fraction of sp³-hybridized carbons (Fsp3) is 1.00. The molecule has 2 atom stereocenters. The lowest BCUT2D eigenvalue weighted by Gasteiger charge is -2.34. The Morgan fingerprint density at radius 3 is 2.29 bits per heavy atom. The highest BCUT2D eigenvalue weighted by molar-refractivity contribution is 7.96. The Labute approximate surface area is 102 Å². The molecule has 0 spiro atoms. The van der Waals surface area contributed by atoms with E-state index in [1.807, 2.05) is 4.90 Å². The minimum Gasteiger partial charge on any atom is -0.314 e. The summed E-state index contributed by atoms with van der Waals surface area (Å²) in [7, 11) is -6.53. The van der Waals surface area contributed by atoms with Gasteiger partial charge in [-0.3, -0.25) is 4.90 Å². The molecule has 2 unspecified atom stereocenters. The standard InChI is InChI=1S/C9H18N2O4S2/c1-16(12,13)9-7-17(14,15)6-8(9)11-4-2-10-3-5-11/h8-10H,2-7H2,1H3. The van der Waals surface area contributed by atoms with E-state index >= 15 is 0 Å². The van der Waals surface area contributed by atoms with Gasteiger partial charge < -0.3 is 5.32 Å². The normalized spacial score (nSPS) is 34.9. The summed E-state index contributed by atoms with van der Waals surface area (Å²) in [6, 6.07) is -0.364. The van der Waals surface area contributed by atoms with Crippen LogP contribution in [0.2, 0.25) is 0 Å². The molecule has 2 aliphatic heterocycles. The topological polar surface area (TPSA) is 83.5 Å². The number of hydrogen-bond donors (Lipinski definition) is 1. The van der Waals surface area contributed by atoms with Gasteiger partial charge in [0.25, 0.3) is 0 Å². The van der Waals surface area contributed by atoms with Crippen LogP contribution in [-0.2, 0) is 19.7 Å². The number of nitrogens with zero attached hydrogens (tertiary/aromatic N) is 1. The average Bonchev–Trinajstić information content (AvgIpc) is 2.56. The third-order valence-corrected chi connectivity index (χ3v) is 6.95. The van der Waals surface area contributed by atoms with Crippen molar-refractivity contribution in [3.63, 3.8) is 0 Å². The van der Waals surface area contributed by atoms with Crippen LogP contribution >= 0.6 is 0 Å². The van der Waals surface area contributed by atoms with E-state index in [0.717, 1.165) is 19.3 Å². The van der Waals surface area contributed by atoms with Crippen LogP contribution in [0, 0.1) is 0 Å². The monoisotopic (exact) mass is 282 g/mol. The molecule has 2 fully saturated rings. The summed E-state index contributed by atoms with van der Waals surface area (Å²) in [4.78, 5) is 1.99. The highest BCUT2D eigenvalue weighted by Gasteiger charge is 2.46. The van der Waals surface area contributed by atoms with E-state index in [4.69, 9.17) is 0 Å². The lowest BCUT2D eigenvalue weighted by molar-refractivity contribution is 0.189. The van der Waals surface area contributed by atoms with Crippen LogP contribution in [0.1, 0.15) is 0 Å². The summed E-state index contributed by atoms with van der Waals surface area (Å²) in [6.45, 7) is 3.00. The second-order valence-electron chi connectivity index (χ2n) is 4.80. The molecule has 2 saturated heterocycles. The van der Waals surface area contributed by atoms with Crippen LogP contribution < -0.4 is 5.32 Å². The molecule has 0 aromatic carbocycles. The van der Waals surface area contributed by atoms with Crippen molar-refractivity contribution < 1.29 is 16.8 Å². The SMILES string of the molecule is CS(=O)(=O)C1CS(=O)(=O)CC1N1CCNCC1. The van der Waals surface area contributed by atoms with Crippen molar-refractivity contribution in [1.82, 2.24) is 10.2 Å². The molecule has 0 bridgehead atoms. The predicted octanol–water partition coefficient (Wildman–Crippen LogP) is -1.90. The van der Waals surface area contributed by atoms with Gasteiger partial charge in [-0.25, -0.2) is 16.8 Å². The van der Waals surface area contributed by atoms with Gasteiger partial charge in [-0.15, -0.1) is 0 Å². The molecule has 100 valence electrons. The largest absolute Gasteiger partial charge is 0.314 e. The van der Waals surface area contributed by atoms with Crippen LogP contribution in [0.3, 0.4) is 0 Å². The number of rotatable bonds is 2. The van der Waals surface area contributed by atoms with Gasteiger partial charge in [0.2, 0.25) is 0 Å². The molecule has 2 heterocycles. The van der Waals surface area contributed by atoms with Crippen molar-refractivity contribution in [2.45, 2.75) is 11.3 Å². The van der Waals surface area contributed by atoms with Gasteiger partial charge in [-0.05, 0) is 0 Å². The van der Waals surface area contributed by atoms with E-state index in [1.54, 1.807) is 0 Å². The molecule has 2 aliphatic rings. The zero-order chi connectivity index (χ0) is 12.7. The molecule has 8 heteroatoms. The fourth-order valence-corrected chi connectivity index (χ4v) is 6.95. The number of sulfone groups is 2. The first kappa shape index (κ1) is 13.3. The lowest BCUT2D eigenvalue weighted by Crippen LogP contribution is -2.53. The first-order valence-electron chi connectivity index (χ1n) is 5.64. The van der Waals surface area contributed by atoms with Crippen molar-refractivity contribution in [2.24, 2.45) is 0 Å². The zero-order valence-electron chi connectivity index (χ0n) is 9.79. The van der Waals surface area contributed by atoms with Gasteiger partial charge in [0, 0.05) is 38.5 Å². The fourth-order valence-electron chi connectivity index (χ4n) is 2.56. The molecule has 0 radical (unpaired) electrons. The maximum atomic E-state index is 11.7. The van der Waals surface area contributed by atoms with Crippen molar-refractivity contribution in [1.29, 1.82) is 0 Å². The summed E-state index contributed by atoms with van der Waals surface area (Å²) in [5, 5.41) is 2.41. The van der Waals surface area contributed by atoms with Crippen molar-refractivity contribution in [3.05, 3.63) is 0 Å². The Morgan fingerprint density at radius 2 is 1.76 bits per heavy atom. The van der Waals surface area contributed by atoms with Crippen molar-refractivity contribution >= 4 is 19.7 Å². The third-order valence-electron chi connectivity index (χ3n) is 3.44. The smallest absolute Gasteiger partial charge is 0.153 e. The van der Waals surface area contributed by atoms with Gasteiger partial charge in [0.05, 0.1) is 16.8 Å². The van der Waals surface area contributed by atoms with E-state index in [1.165, 1.54) is 0 Å². The van der Waals surface area contributed by atoms with Crippen LogP contribution in [0.25, 0.3) is 0 Å². The molecule has 6 nitrogen and oxygen atoms in total. The molecule has 0 aliphatic carbocycles. The summed E-state index contributed by atoms with van der Waals surface area (Å²) < 4.78 is 46.6. The van der Waals surface area contributed by atoms with Gasteiger partial charge >= 0.3 is 0 Å².